The fourth-order valence-corrected chi connectivity index (χ4v) is 16.3. The molecule has 0 fully saturated rings. The van der Waals surface area contributed by atoms with Gasteiger partial charge in [-0.2, -0.15) is 0 Å². The third-order valence-corrected chi connectivity index (χ3v) is 19.0. The minimum Gasteiger partial charge on any atom is -0.465 e. The number of allylic oxidation sites excluding steroid dienone is 9. The van der Waals surface area contributed by atoms with Gasteiger partial charge in [0.1, 0.15) is 11.5 Å². The molecule has 0 spiro atoms. The lowest BCUT2D eigenvalue weighted by atomic mass is 10.1. The summed E-state index contributed by atoms with van der Waals surface area (Å²) in [5, 5.41) is 2.89. The Labute approximate surface area is 240 Å². The van der Waals surface area contributed by atoms with E-state index in [1.807, 2.05) is 12.5 Å². The highest BCUT2D eigenvalue weighted by molar-refractivity contribution is 6.90. The van der Waals surface area contributed by atoms with Crippen molar-refractivity contribution < 1.29 is 8.83 Å². The summed E-state index contributed by atoms with van der Waals surface area (Å²) in [4.78, 5) is 0. The van der Waals surface area contributed by atoms with E-state index in [1.54, 1.807) is 0 Å². The fraction of sp³-hybridized carbons (Fsp3) is 0.471. The largest absolute Gasteiger partial charge is 0.465 e. The topological polar surface area (TPSA) is 26.3 Å². The number of furan rings is 2. The predicted octanol–water partition coefficient (Wildman–Crippen LogP) is 9.92. The average molecular weight is 575 g/mol. The summed E-state index contributed by atoms with van der Waals surface area (Å²) < 4.78 is 12.8. The summed E-state index contributed by atoms with van der Waals surface area (Å²) in [5.41, 5.74) is 9.58. The van der Waals surface area contributed by atoms with Crippen LogP contribution in [0.2, 0.25) is 63.0 Å². The SMILES string of the molecule is C=CCCC[Si](C)(C1C(c2occc2[Si](C)(C)C)=CC(C)=C1C)C1C(c2occc2[Si](C)(C)C)=CC(C)=C1C. The minimum absolute atomic E-state index is 0.406. The van der Waals surface area contributed by atoms with Crippen molar-refractivity contribution in [2.45, 2.75) is 103 Å². The quantitative estimate of drug-likeness (QED) is 0.160. The van der Waals surface area contributed by atoms with Crippen molar-refractivity contribution in [1.82, 2.24) is 0 Å². The second kappa shape index (κ2) is 10.7. The van der Waals surface area contributed by atoms with Crippen LogP contribution < -0.4 is 10.4 Å². The molecule has 0 radical (unpaired) electrons. The molecule has 2 unspecified atom stereocenters. The van der Waals surface area contributed by atoms with Crippen molar-refractivity contribution in [1.29, 1.82) is 0 Å². The zero-order chi connectivity index (χ0) is 28.9. The summed E-state index contributed by atoms with van der Waals surface area (Å²) >= 11 is 0. The molecule has 0 N–H and O–H groups in total. The van der Waals surface area contributed by atoms with Gasteiger partial charge in [0.15, 0.2) is 0 Å². The van der Waals surface area contributed by atoms with Gasteiger partial charge in [-0.3, -0.25) is 0 Å². The summed E-state index contributed by atoms with van der Waals surface area (Å²) in [5.74, 6) is 2.31. The molecule has 2 aromatic heterocycles. The lowest BCUT2D eigenvalue weighted by Crippen LogP contribution is -2.45. The number of rotatable bonds is 10. The van der Waals surface area contributed by atoms with Gasteiger partial charge in [0.25, 0.3) is 0 Å². The van der Waals surface area contributed by atoms with Crippen LogP contribution in [0.5, 0.6) is 0 Å². The third-order valence-electron chi connectivity index (χ3n) is 9.39. The molecule has 2 aliphatic carbocycles. The first-order valence-corrected chi connectivity index (χ1v) is 24.5. The molecule has 0 aliphatic heterocycles. The molecule has 2 aliphatic rings. The first kappa shape index (κ1) is 29.9. The Bertz CT molecular complexity index is 1280. The Hall–Kier alpha value is -2.09. The molecule has 210 valence electrons. The van der Waals surface area contributed by atoms with Gasteiger partial charge < -0.3 is 8.83 Å². The van der Waals surface area contributed by atoms with Crippen molar-refractivity contribution in [3.8, 4) is 0 Å². The van der Waals surface area contributed by atoms with Crippen LogP contribution in [0.15, 0.2) is 80.6 Å². The third kappa shape index (κ3) is 5.34. The Morgan fingerprint density at radius 1 is 0.718 bits per heavy atom. The molecule has 2 aromatic rings. The van der Waals surface area contributed by atoms with Crippen LogP contribution in [-0.2, 0) is 0 Å². The van der Waals surface area contributed by atoms with Gasteiger partial charge in [-0.05, 0) is 67.8 Å². The number of hydrogen-bond donors (Lipinski definition) is 0. The van der Waals surface area contributed by atoms with Crippen LogP contribution in [0, 0.1) is 0 Å². The lowest BCUT2D eigenvalue weighted by Gasteiger charge is -2.43. The van der Waals surface area contributed by atoms with E-state index in [0.717, 1.165) is 17.9 Å². The molecule has 2 nitrogen and oxygen atoms in total. The van der Waals surface area contributed by atoms with Crippen LogP contribution in [0.3, 0.4) is 0 Å². The molecule has 39 heavy (non-hydrogen) atoms. The van der Waals surface area contributed by atoms with E-state index in [-0.39, 0.29) is 0 Å². The van der Waals surface area contributed by atoms with Crippen LogP contribution >= 0.6 is 0 Å². The maximum absolute atomic E-state index is 6.40. The van der Waals surface area contributed by atoms with Gasteiger partial charge in [0.2, 0.25) is 0 Å². The minimum atomic E-state index is -2.12. The van der Waals surface area contributed by atoms with Crippen molar-refractivity contribution >= 4 is 45.7 Å². The monoisotopic (exact) mass is 574 g/mol. The van der Waals surface area contributed by atoms with Crippen LogP contribution in [0.25, 0.3) is 11.1 Å². The van der Waals surface area contributed by atoms with Crippen molar-refractivity contribution in [3.63, 3.8) is 0 Å². The molecular formula is C34H50O2Si3. The lowest BCUT2D eigenvalue weighted by molar-refractivity contribution is 0.552. The average Bonchev–Trinajstić information content (AvgIpc) is 3.60. The van der Waals surface area contributed by atoms with Gasteiger partial charge in [0.05, 0.1) is 36.7 Å². The van der Waals surface area contributed by atoms with Crippen LogP contribution in [0.4, 0.5) is 0 Å². The molecule has 0 saturated carbocycles. The standard InChI is InChI=1S/C34H50O2Si3/c1-13-14-15-20-39(12,33-25(4)23(2)21-27(33)31-29(16-18-35-31)37(6,7)8)34-26(5)24(3)22-28(34)32-30(17-19-36-32)38(9,10)11/h13,16-19,21-22,33-34H,1,14-15,20H2,2-12H3. The molecule has 0 amide bonds. The Balaban J connectivity index is 1.93. The van der Waals surface area contributed by atoms with Gasteiger partial charge in [-0.1, -0.05) is 98.8 Å². The van der Waals surface area contributed by atoms with Gasteiger partial charge >= 0.3 is 0 Å². The Kier molecular flexibility index (Phi) is 8.21. The maximum Gasteiger partial charge on any atom is 0.129 e. The van der Waals surface area contributed by atoms with Crippen molar-refractivity contribution in [2.75, 3.05) is 0 Å². The predicted molar refractivity (Wildman–Crippen MR) is 179 cm³/mol. The summed E-state index contributed by atoms with van der Waals surface area (Å²) in [6.45, 7) is 30.8. The molecule has 5 heteroatoms. The molecule has 0 aromatic carbocycles. The van der Waals surface area contributed by atoms with E-state index in [1.165, 1.54) is 56.3 Å². The van der Waals surface area contributed by atoms with E-state index >= 15 is 0 Å². The van der Waals surface area contributed by atoms with E-state index < -0.39 is 24.2 Å². The fourth-order valence-electron chi connectivity index (χ4n) is 7.21. The second-order valence-corrected chi connectivity index (χ2v) is 29.1. The zero-order valence-electron chi connectivity index (χ0n) is 26.3. The Morgan fingerprint density at radius 2 is 1.13 bits per heavy atom. The molecule has 2 heterocycles. The zero-order valence-corrected chi connectivity index (χ0v) is 29.3. The highest BCUT2D eigenvalue weighted by atomic mass is 28.3. The van der Waals surface area contributed by atoms with Crippen molar-refractivity contribution in [3.05, 3.63) is 83.3 Å². The molecular weight excluding hydrogens is 525 g/mol. The molecule has 0 bridgehead atoms. The van der Waals surface area contributed by atoms with E-state index in [9.17, 15) is 0 Å². The smallest absolute Gasteiger partial charge is 0.129 e. The van der Waals surface area contributed by atoms with Gasteiger partial charge in [-0.25, -0.2) is 0 Å². The highest BCUT2D eigenvalue weighted by Crippen LogP contribution is 2.60. The van der Waals surface area contributed by atoms with E-state index in [4.69, 9.17) is 8.83 Å². The van der Waals surface area contributed by atoms with E-state index in [0.29, 0.717) is 11.1 Å². The maximum atomic E-state index is 6.40. The van der Waals surface area contributed by atoms with Gasteiger partial charge in [-0.15, -0.1) is 6.58 Å². The summed E-state index contributed by atoms with van der Waals surface area (Å²) in [7, 11) is -5.28. The molecule has 4 rings (SSSR count). The highest BCUT2D eigenvalue weighted by Gasteiger charge is 2.52. The van der Waals surface area contributed by atoms with Gasteiger partial charge in [0, 0.05) is 11.1 Å². The molecule has 2 atom stereocenters. The summed E-state index contributed by atoms with van der Waals surface area (Å²) in [6.07, 6.45) is 13.1. The van der Waals surface area contributed by atoms with Crippen LogP contribution in [0.1, 0.15) is 52.1 Å². The normalized spacial score (nSPS) is 21.9. The first-order chi connectivity index (χ1) is 18.1. The number of unbranched alkanes of at least 4 members (excludes halogenated alkanes) is 1. The first-order valence-electron chi connectivity index (χ1n) is 14.7. The Morgan fingerprint density at radius 3 is 1.49 bits per heavy atom. The van der Waals surface area contributed by atoms with Crippen molar-refractivity contribution in [2.24, 2.45) is 0 Å². The second-order valence-electron chi connectivity index (χ2n) is 14.3. The van der Waals surface area contributed by atoms with E-state index in [2.05, 4.69) is 110 Å². The summed E-state index contributed by atoms with van der Waals surface area (Å²) in [6, 6.07) is 5.74. The number of hydrogen-bond acceptors (Lipinski definition) is 2. The molecule has 0 saturated heterocycles. The van der Waals surface area contributed by atoms with Crippen LogP contribution in [-0.4, -0.2) is 24.2 Å².